The summed E-state index contributed by atoms with van der Waals surface area (Å²) in [6, 6.07) is 0. The Kier molecular flexibility index (Phi) is 3.73. The molecule has 1 aliphatic heterocycles. The van der Waals surface area contributed by atoms with Crippen molar-refractivity contribution in [2.75, 3.05) is 18.1 Å². The number of carbonyl (C=O) groups excluding carboxylic acids is 1. The van der Waals surface area contributed by atoms with Gasteiger partial charge in [0.25, 0.3) is 0 Å². The first kappa shape index (κ1) is 11.5. The van der Waals surface area contributed by atoms with E-state index >= 15 is 0 Å². The molecule has 0 bridgehead atoms. The minimum Gasteiger partial charge on any atom is -0.375 e. The molecule has 1 aliphatic carbocycles. The van der Waals surface area contributed by atoms with Crippen molar-refractivity contribution in [1.29, 1.82) is 0 Å². The molecule has 3 heteroatoms. The van der Waals surface area contributed by atoms with Gasteiger partial charge in [-0.3, -0.25) is 4.79 Å². The zero-order valence-corrected chi connectivity index (χ0v) is 10.3. The van der Waals surface area contributed by atoms with Crippen LogP contribution in [0, 0.1) is 5.92 Å². The van der Waals surface area contributed by atoms with Crippen LogP contribution >= 0.6 is 11.8 Å². The lowest BCUT2D eigenvalue weighted by Crippen LogP contribution is -2.47. The van der Waals surface area contributed by atoms with Crippen molar-refractivity contribution in [2.45, 2.75) is 44.6 Å². The molecular weight excluding hydrogens is 208 g/mol. The molecule has 1 saturated heterocycles. The predicted molar refractivity (Wildman–Crippen MR) is 63.3 cm³/mol. The maximum absolute atomic E-state index is 11.9. The molecule has 0 N–H and O–H groups in total. The van der Waals surface area contributed by atoms with E-state index in [4.69, 9.17) is 4.74 Å². The highest BCUT2D eigenvalue weighted by atomic mass is 32.2. The van der Waals surface area contributed by atoms with E-state index in [-0.39, 0.29) is 11.5 Å². The molecule has 2 nitrogen and oxygen atoms in total. The van der Waals surface area contributed by atoms with E-state index in [0.717, 1.165) is 25.2 Å². The van der Waals surface area contributed by atoms with Crippen LogP contribution in [0.4, 0.5) is 0 Å². The van der Waals surface area contributed by atoms with E-state index in [1.807, 2.05) is 0 Å². The Bertz CT molecular complexity index is 236. The summed E-state index contributed by atoms with van der Waals surface area (Å²) in [6.07, 6.45) is 5.58. The van der Waals surface area contributed by atoms with Crippen LogP contribution in [0.1, 0.15) is 39.0 Å². The van der Waals surface area contributed by atoms with Crippen LogP contribution in [0.15, 0.2) is 0 Å². The fraction of sp³-hybridized carbons (Fsp3) is 0.917. The highest BCUT2D eigenvalue weighted by Crippen LogP contribution is 2.44. The Hall–Kier alpha value is -0.0200. The van der Waals surface area contributed by atoms with Crippen LogP contribution in [-0.2, 0) is 9.53 Å². The molecule has 0 aromatic rings. The quantitative estimate of drug-likeness (QED) is 0.740. The third kappa shape index (κ3) is 2.56. The summed E-state index contributed by atoms with van der Waals surface area (Å²) in [7, 11) is 0. The fourth-order valence-electron chi connectivity index (χ4n) is 2.54. The molecule has 1 saturated carbocycles. The molecular formula is C12H20O2S. The second kappa shape index (κ2) is 4.88. The van der Waals surface area contributed by atoms with Crippen molar-refractivity contribution >= 4 is 17.5 Å². The Labute approximate surface area is 96.1 Å². The van der Waals surface area contributed by atoms with Crippen molar-refractivity contribution < 1.29 is 9.53 Å². The SMILES string of the molecule is CCSCC(=O)C1CCOC2(CCC2)C1. The van der Waals surface area contributed by atoms with E-state index < -0.39 is 0 Å². The van der Waals surface area contributed by atoms with Gasteiger partial charge in [0, 0.05) is 12.5 Å². The van der Waals surface area contributed by atoms with Gasteiger partial charge in [0.15, 0.2) is 0 Å². The van der Waals surface area contributed by atoms with E-state index in [0.29, 0.717) is 11.5 Å². The number of Topliss-reactive ketones (excluding diaryl/α,β-unsaturated/α-hetero) is 1. The molecule has 86 valence electrons. The van der Waals surface area contributed by atoms with Gasteiger partial charge in [0.1, 0.15) is 5.78 Å². The van der Waals surface area contributed by atoms with E-state index in [2.05, 4.69) is 6.92 Å². The van der Waals surface area contributed by atoms with Gasteiger partial charge < -0.3 is 4.74 Å². The van der Waals surface area contributed by atoms with Crippen LogP contribution in [0.2, 0.25) is 0 Å². The predicted octanol–water partition coefficient (Wildman–Crippen LogP) is 2.66. The molecule has 0 radical (unpaired) electrons. The molecule has 1 heterocycles. The third-order valence-electron chi connectivity index (χ3n) is 3.66. The number of carbonyl (C=O) groups is 1. The van der Waals surface area contributed by atoms with Crippen molar-refractivity contribution in [3.8, 4) is 0 Å². The number of ketones is 1. The average molecular weight is 228 g/mol. The number of thioether (sulfide) groups is 1. The molecule has 1 unspecified atom stereocenters. The Morgan fingerprint density at radius 2 is 2.33 bits per heavy atom. The molecule has 0 amide bonds. The van der Waals surface area contributed by atoms with Crippen LogP contribution in [0.25, 0.3) is 0 Å². The lowest BCUT2D eigenvalue weighted by Gasteiger charge is -2.46. The van der Waals surface area contributed by atoms with E-state index in [1.165, 1.54) is 19.3 Å². The van der Waals surface area contributed by atoms with Crippen molar-refractivity contribution in [3.63, 3.8) is 0 Å². The molecule has 2 fully saturated rings. The zero-order valence-electron chi connectivity index (χ0n) is 9.46. The number of hydrogen-bond donors (Lipinski definition) is 0. The minimum absolute atomic E-state index is 0.120. The van der Waals surface area contributed by atoms with Gasteiger partial charge in [-0.05, 0) is 37.9 Å². The van der Waals surface area contributed by atoms with Crippen molar-refractivity contribution in [1.82, 2.24) is 0 Å². The van der Waals surface area contributed by atoms with Gasteiger partial charge in [-0.15, -0.1) is 0 Å². The smallest absolute Gasteiger partial charge is 0.146 e. The standard InChI is InChI=1S/C12H20O2S/c1-2-15-9-11(13)10-4-7-14-12(8-10)5-3-6-12/h10H,2-9H2,1H3. The fourth-order valence-corrected chi connectivity index (χ4v) is 3.18. The Morgan fingerprint density at radius 1 is 1.53 bits per heavy atom. The molecule has 0 aromatic heterocycles. The van der Waals surface area contributed by atoms with Crippen LogP contribution in [0.5, 0.6) is 0 Å². The van der Waals surface area contributed by atoms with E-state index in [1.54, 1.807) is 11.8 Å². The maximum atomic E-state index is 11.9. The largest absolute Gasteiger partial charge is 0.375 e. The minimum atomic E-state index is 0.120. The molecule has 1 atom stereocenters. The molecule has 1 spiro atoms. The summed E-state index contributed by atoms with van der Waals surface area (Å²) >= 11 is 1.75. The van der Waals surface area contributed by atoms with Gasteiger partial charge in [0.2, 0.25) is 0 Å². The summed E-state index contributed by atoms with van der Waals surface area (Å²) in [5.41, 5.74) is 0.120. The van der Waals surface area contributed by atoms with Crippen LogP contribution < -0.4 is 0 Å². The zero-order chi connectivity index (χ0) is 10.7. The lowest BCUT2D eigenvalue weighted by molar-refractivity contribution is -0.154. The van der Waals surface area contributed by atoms with Gasteiger partial charge >= 0.3 is 0 Å². The summed E-state index contributed by atoms with van der Waals surface area (Å²) in [5.74, 6) is 2.49. The molecule has 2 aliphatic rings. The highest BCUT2D eigenvalue weighted by Gasteiger charge is 2.43. The Morgan fingerprint density at radius 3 is 2.93 bits per heavy atom. The number of hydrogen-bond acceptors (Lipinski definition) is 3. The maximum Gasteiger partial charge on any atom is 0.146 e. The van der Waals surface area contributed by atoms with Crippen molar-refractivity contribution in [2.24, 2.45) is 5.92 Å². The topological polar surface area (TPSA) is 26.3 Å². The molecule has 0 aromatic carbocycles. The lowest BCUT2D eigenvalue weighted by atomic mass is 9.71. The van der Waals surface area contributed by atoms with Gasteiger partial charge in [-0.2, -0.15) is 11.8 Å². The van der Waals surface area contributed by atoms with Gasteiger partial charge in [-0.25, -0.2) is 0 Å². The van der Waals surface area contributed by atoms with Crippen LogP contribution in [-0.4, -0.2) is 29.5 Å². The van der Waals surface area contributed by atoms with Gasteiger partial charge in [0.05, 0.1) is 11.4 Å². The first-order valence-electron chi connectivity index (χ1n) is 6.00. The first-order valence-corrected chi connectivity index (χ1v) is 7.16. The second-order valence-electron chi connectivity index (χ2n) is 4.68. The normalized spacial score (nSPS) is 28.7. The third-order valence-corrected chi connectivity index (χ3v) is 4.56. The monoisotopic (exact) mass is 228 g/mol. The summed E-state index contributed by atoms with van der Waals surface area (Å²) in [5, 5.41) is 0. The molecule has 15 heavy (non-hydrogen) atoms. The van der Waals surface area contributed by atoms with Crippen molar-refractivity contribution in [3.05, 3.63) is 0 Å². The van der Waals surface area contributed by atoms with Gasteiger partial charge in [-0.1, -0.05) is 6.92 Å². The highest BCUT2D eigenvalue weighted by molar-refractivity contribution is 7.99. The number of ether oxygens (including phenoxy) is 1. The van der Waals surface area contributed by atoms with Crippen LogP contribution in [0.3, 0.4) is 0 Å². The summed E-state index contributed by atoms with van der Waals surface area (Å²) < 4.78 is 5.83. The number of rotatable bonds is 4. The summed E-state index contributed by atoms with van der Waals surface area (Å²) in [4.78, 5) is 11.9. The summed E-state index contributed by atoms with van der Waals surface area (Å²) in [6.45, 7) is 2.91. The van der Waals surface area contributed by atoms with E-state index in [9.17, 15) is 4.79 Å². The molecule has 2 rings (SSSR count). The average Bonchev–Trinajstić information content (AvgIpc) is 2.24. The first-order chi connectivity index (χ1) is 7.26. The second-order valence-corrected chi connectivity index (χ2v) is 5.95. The Balaban J connectivity index is 1.84.